The second-order valence-electron chi connectivity index (χ2n) is 5.84. The molecule has 2 rings (SSSR count). The Bertz CT molecular complexity index is 406. The Kier molecular flexibility index (Phi) is 5.51. The minimum atomic E-state index is -0.00631. The zero-order valence-corrected chi connectivity index (χ0v) is 12.8. The molecule has 2 unspecified atom stereocenters. The van der Waals surface area contributed by atoms with Crippen molar-refractivity contribution in [2.45, 2.75) is 58.3 Å². The first-order chi connectivity index (χ1) is 9.60. The predicted octanol–water partition coefficient (Wildman–Crippen LogP) is 1.19. The van der Waals surface area contributed by atoms with E-state index in [9.17, 15) is 0 Å². The summed E-state index contributed by atoms with van der Waals surface area (Å²) in [7, 11) is 0. The van der Waals surface area contributed by atoms with Crippen LogP contribution in [0.5, 0.6) is 0 Å². The maximum atomic E-state index is 6.06. The third-order valence-corrected chi connectivity index (χ3v) is 3.83. The zero-order chi connectivity index (χ0) is 14.5. The summed E-state index contributed by atoms with van der Waals surface area (Å²) in [4.78, 5) is 2.44. The third kappa shape index (κ3) is 4.01. The van der Waals surface area contributed by atoms with Crippen molar-refractivity contribution in [3.8, 4) is 0 Å². The number of morpholine rings is 1. The molecular weight excluding hydrogens is 254 g/mol. The average Bonchev–Trinajstić information content (AvgIpc) is 2.88. The third-order valence-electron chi connectivity index (χ3n) is 3.83. The Hall–Kier alpha value is -0.980. The van der Waals surface area contributed by atoms with Gasteiger partial charge in [-0.25, -0.2) is 4.68 Å². The molecule has 0 saturated carbocycles. The van der Waals surface area contributed by atoms with Crippen LogP contribution in [-0.2, 0) is 11.3 Å². The van der Waals surface area contributed by atoms with Crippen LogP contribution < -0.4 is 5.73 Å². The molecule has 6 heteroatoms. The first-order valence-electron chi connectivity index (χ1n) is 7.61. The van der Waals surface area contributed by atoms with E-state index in [1.54, 1.807) is 0 Å². The summed E-state index contributed by atoms with van der Waals surface area (Å²) in [5.41, 5.74) is 6.94. The maximum Gasteiger partial charge on any atom is 0.0994 e. The van der Waals surface area contributed by atoms with Gasteiger partial charge in [-0.15, -0.1) is 5.10 Å². The van der Waals surface area contributed by atoms with E-state index in [2.05, 4.69) is 36.0 Å². The van der Waals surface area contributed by atoms with Crippen LogP contribution in [0.1, 0.15) is 45.3 Å². The lowest BCUT2D eigenvalue weighted by molar-refractivity contribution is -0.0471. The molecule has 1 saturated heterocycles. The molecule has 6 nitrogen and oxygen atoms in total. The Morgan fingerprint density at radius 2 is 2.30 bits per heavy atom. The fraction of sp³-hybridized carbons (Fsp3) is 0.857. The monoisotopic (exact) mass is 281 g/mol. The average molecular weight is 281 g/mol. The topological polar surface area (TPSA) is 69.2 Å². The molecule has 2 heterocycles. The van der Waals surface area contributed by atoms with Crippen molar-refractivity contribution in [3.63, 3.8) is 0 Å². The van der Waals surface area contributed by atoms with E-state index in [0.717, 1.165) is 44.8 Å². The highest BCUT2D eigenvalue weighted by atomic mass is 16.5. The van der Waals surface area contributed by atoms with Crippen molar-refractivity contribution in [1.29, 1.82) is 0 Å². The quantitative estimate of drug-likeness (QED) is 0.848. The van der Waals surface area contributed by atoms with Gasteiger partial charge in [0, 0.05) is 19.1 Å². The van der Waals surface area contributed by atoms with Crippen LogP contribution in [0, 0.1) is 0 Å². The normalized spacial score (nSPS) is 22.4. The van der Waals surface area contributed by atoms with Crippen LogP contribution in [0.4, 0.5) is 0 Å². The first kappa shape index (κ1) is 15.4. The highest BCUT2D eigenvalue weighted by Crippen LogP contribution is 2.14. The summed E-state index contributed by atoms with van der Waals surface area (Å²) in [6.07, 6.45) is 4.14. The molecule has 0 bridgehead atoms. The fourth-order valence-corrected chi connectivity index (χ4v) is 2.56. The largest absolute Gasteiger partial charge is 0.374 e. The van der Waals surface area contributed by atoms with Gasteiger partial charge in [0.15, 0.2) is 0 Å². The van der Waals surface area contributed by atoms with E-state index in [1.807, 2.05) is 10.9 Å². The van der Waals surface area contributed by atoms with Gasteiger partial charge in [0.25, 0.3) is 0 Å². The Balaban J connectivity index is 1.90. The summed E-state index contributed by atoms with van der Waals surface area (Å²) in [5.74, 6) is 0. The van der Waals surface area contributed by atoms with Gasteiger partial charge in [-0.05, 0) is 20.3 Å². The van der Waals surface area contributed by atoms with Crippen LogP contribution in [0.15, 0.2) is 6.20 Å². The van der Waals surface area contributed by atoms with Gasteiger partial charge in [-0.1, -0.05) is 18.6 Å². The van der Waals surface area contributed by atoms with E-state index < -0.39 is 0 Å². The Morgan fingerprint density at radius 3 is 3.00 bits per heavy atom. The molecule has 114 valence electrons. The summed E-state index contributed by atoms with van der Waals surface area (Å²) >= 11 is 0. The van der Waals surface area contributed by atoms with Crippen molar-refractivity contribution in [3.05, 3.63) is 11.9 Å². The molecule has 1 fully saturated rings. The van der Waals surface area contributed by atoms with Gasteiger partial charge in [0.1, 0.15) is 0 Å². The zero-order valence-electron chi connectivity index (χ0n) is 12.8. The maximum absolute atomic E-state index is 6.06. The molecule has 2 N–H and O–H groups in total. The van der Waals surface area contributed by atoms with Crippen molar-refractivity contribution in [2.24, 2.45) is 5.73 Å². The lowest BCUT2D eigenvalue weighted by atomic mass is 10.1. The molecule has 0 radical (unpaired) electrons. The van der Waals surface area contributed by atoms with E-state index in [4.69, 9.17) is 10.5 Å². The molecular formula is C14H27N5O. The fourth-order valence-electron chi connectivity index (χ4n) is 2.56. The molecule has 1 aromatic rings. The molecule has 0 amide bonds. The van der Waals surface area contributed by atoms with Gasteiger partial charge in [0.05, 0.1) is 37.2 Å². The number of ether oxygens (including phenoxy) is 1. The molecule has 1 aliphatic rings. The summed E-state index contributed by atoms with van der Waals surface area (Å²) < 4.78 is 7.68. The molecule has 0 aromatic carbocycles. The van der Waals surface area contributed by atoms with Crippen LogP contribution >= 0.6 is 0 Å². The van der Waals surface area contributed by atoms with Crippen LogP contribution in [0.3, 0.4) is 0 Å². The molecule has 0 aliphatic carbocycles. The second kappa shape index (κ2) is 7.15. The van der Waals surface area contributed by atoms with Gasteiger partial charge < -0.3 is 10.5 Å². The summed E-state index contributed by atoms with van der Waals surface area (Å²) in [5, 5.41) is 8.34. The molecule has 0 spiro atoms. The minimum Gasteiger partial charge on any atom is -0.374 e. The van der Waals surface area contributed by atoms with Gasteiger partial charge >= 0.3 is 0 Å². The first-order valence-corrected chi connectivity index (χ1v) is 7.61. The number of hydrogen-bond donors (Lipinski definition) is 1. The minimum absolute atomic E-state index is 0.00631. The van der Waals surface area contributed by atoms with Gasteiger partial charge in [-0.3, -0.25) is 4.90 Å². The van der Waals surface area contributed by atoms with Crippen molar-refractivity contribution < 1.29 is 4.74 Å². The van der Waals surface area contributed by atoms with Crippen LogP contribution in [0.2, 0.25) is 0 Å². The molecule has 2 atom stereocenters. The van der Waals surface area contributed by atoms with Crippen molar-refractivity contribution in [2.75, 3.05) is 19.7 Å². The standard InChI is InChI=1S/C14H27N5O/c1-4-5-13(15)14-10-19(17-16-14)9-12-8-18(11(2)3)6-7-20-12/h10-13H,4-9,15H2,1-3H3. The van der Waals surface area contributed by atoms with Crippen LogP contribution in [-0.4, -0.2) is 51.7 Å². The summed E-state index contributed by atoms with van der Waals surface area (Å²) in [6, 6.07) is 0.555. The van der Waals surface area contributed by atoms with E-state index >= 15 is 0 Å². The van der Waals surface area contributed by atoms with Crippen molar-refractivity contribution >= 4 is 0 Å². The highest BCUT2D eigenvalue weighted by molar-refractivity contribution is 4.99. The summed E-state index contributed by atoms with van der Waals surface area (Å²) in [6.45, 7) is 10.1. The number of nitrogens with two attached hydrogens (primary N) is 1. The Morgan fingerprint density at radius 1 is 1.50 bits per heavy atom. The second-order valence-corrected chi connectivity index (χ2v) is 5.84. The highest BCUT2D eigenvalue weighted by Gasteiger charge is 2.23. The van der Waals surface area contributed by atoms with E-state index in [1.165, 1.54) is 0 Å². The van der Waals surface area contributed by atoms with Gasteiger partial charge in [-0.2, -0.15) is 0 Å². The number of nitrogens with zero attached hydrogens (tertiary/aromatic N) is 4. The molecule has 20 heavy (non-hydrogen) atoms. The Labute approximate surface area is 121 Å². The molecule has 1 aliphatic heterocycles. The number of aromatic nitrogens is 3. The smallest absolute Gasteiger partial charge is 0.0994 e. The lowest BCUT2D eigenvalue weighted by Gasteiger charge is -2.35. The number of hydrogen-bond acceptors (Lipinski definition) is 5. The lowest BCUT2D eigenvalue weighted by Crippen LogP contribution is -2.47. The van der Waals surface area contributed by atoms with Gasteiger partial charge in [0.2, 0.25) is 0 Å². The van der Waals surface area contributed by atoms with Crippen molar-refractivity contribution in [1.82, 2.24) is 19.9 Å². The van der Waals surface area contributed by atoms with Crippen LogP contribution in [0.25, 0.3) is 0 Å². The SMILES string of the molecule is CCCC(N)c1cn(CC2CN(C(C)C)CCO2)nn1. The van der Waals surface area contributed by atoms with E-state index in [0.29, 0.717) is 6.04 Å². The number of rotatable bonds is 6. The molecule has 1 aromatic heterocycles. The van der Waals surface area contributed by atoms with E-state index in [-0.39, 0.29) is 12.1 Å². The predicted molar refractivity (Wildman–Crippen MR) is 78.3 cm³/mol.